The Bertz CT molecular complexity index is 260. The van der Waals surface area contributed by atoms with Crippen molar-refractivity contribution >= 4 is 0 Å². The molecular formula is C11H21NO5. The first-order chi connectivity index (χ1) is 8.03. The summed E-state index contributed by atoms with van der Waals surface area (Å²) in [5, 5.41) is 13.1. The first kappa shape index (κ1) is 13.2. The number of rotatable bonds is 4. The summed E-state index contributed by atoms with van der Waals surface area (Å²) in [6.45, 7) is 4.92. The molecule has 0 amide bonds. The Morgan fingerprint density at radius 2 is 2.06 bits per heavy atom. The van der Waals surface area contributed by atoms with Gasteiger partial charge in [0, 0.05) is 13.7 Å². The van der Waals surface area contributed by atoms with Crippen LogP contribution in [-0.2, 0) is 18.9 Å². The van der Waals surface area contributed by atoms with Crippen LogP contribution in [0.1, 0.15) is 13.8 Å². The first-order valence-corrected chi connectivity index (χ1v) is 5.87. The van der Waals surface area contributed by atoms with Gasteiger partial charge in [0.25, 0.3) is 0 Å². The Balaban J connectivity index is 1.95. The molecule has 100 valence electrons. The van der Waals surface area contributed by atoms with Crippen LogP contribution in [0.25, 0.3) is 0 Å². The fourth-order valence-corrected chi connectivity index (χ4v) is 2.34. The molecule has 0 saturated carbocycles. The van der Waals surface area contributed by atoms with Crippen molar-refractivity contribution in [1.29, 1.82) is 0 Å². The van der Waals surface area contributed by atoms with E-state index < -0.39 is 11.9 Å². The average Bonchev–Trinajstić information content (AvgIpc) is 2.59. The van der Waals surface area contributed by atoms with Crippen LogP contribution in [-0.4, -0.2) is 62.3 Å². The maximum absolute atomic E-state index is 9.87. The minimum Gasteiger partial charge on any atom is -0.389 e. The zero-order valence-electron chi connectivity index (χ0n) is 10.5. The van der Waals surface area contributed by atoms with Crippen LogP contribution in [0.3, 0.4) is 0 Å². The molecule has 6 heteroatoms. The van der Waals surface area contributed by atoms with Gasteiger partial charge < -0.3 is 29.4 Å². The molecule has 2 saturated heterocycles. The van der Waals surface area contributed by atoms with E-state index in [-0.39, 0.29) is 25.0 Å². The van der Waals surface area contributed by atoms with Crippen molar-refractivity contribution < 1.29 is 24.1 Å². The molecule has 0 radical (unpaired) electrons. The lowest BCUT2D eigenvalue weighted by Gasteiger charge is -2.35. The SMILES string of the molecule is COCOC[C@H]1NC[C@H](O)[C@H]2OC(C)(C)O[C@H]21. The third kappa shape index (κ3) is 2.96. The number of fused-ring (bicyclic) bond motifs is 1. The summed E-state index contributed by atoms with van der Waals surface area (Å²) in [5.41, 5.74) is 0. The van der Waals surface area contributed by atoms with E-state index in [1.807, 2.05) is 13.8 Å². The van der Waals surface area contributed by atoms with E-state index in [2.05, 4.69) is 5.32 Å². The number of ether oxygens (including phenoxy) is 4. The number of aliphatic hydroxyl groups excluding tert-OH is 1. The highest BCUT2D eigenvalue weighted by Gasteiger charge is 2.50. The summed E-state index contributed by atoms with van der Waals surface area (Å²) in [6.07, 6.45) is -1.02. The molecule has 0 bridgehead atoms. The topological polar surface area (TPSA) is 69.2 Å². The molecule has 0 aromatic rings. The minimum absolute atomic E-state index is 0.0142. The van der Waals surface area contributed by atoms with Gasteiger partial charge in [0.05, 0.1) is 18.8 Å². The lowest BCUT2D eigenvalue weighted by molar-refractivity contribution is -0.154. The van der Waals surface area contributed by atoms with Crippen LogP contribution in [0, 0.1) is 0 Å². The maximum Gasteiger partial charge on any atom is 0.163 e. The highest BCUT2D eigenvalue weighted by Crippen LogP contribution is 2.33. The van der Waals surface area contributed by atoms with E-state index in [0.717, 1.165) is 0 Å². The number of aliphatic hydroxyl groups is 1. The second-order valence-corrected chi connectivity index (χ2v) is 4.92. The van der Waals surface area contributed by atoms with Crippen LogP contribution in [0.2, 0.25) is 0 Å². The molecule has 2 rings (SSSR count). The van der Waals surface area contributed by atoms with Gasteiger partial charge in [0.1, 0.15) is 19.0 Å². The largest absolute Gasteiger partial charge is 0.389 e. The molecule has 2 aliphatic heterocycles. The van der Waals surface area contributed by atoms with Crippen molar-refractivity contribution in [3.8, 4) is 0 Å². The van der Waals surface area contributed by atoms with Gasteiger partial charge in [-0.2, -0.15) is 0 Å². The minimum atomic E-state index is -0.651. The lowest BCUT2D eigenvalue weighted by Crippen LogP contribution is -2.59. The van der Waals surface area contributed by atoms with Crippen LogP contribution in [0.5, 0.6) is 0 Å². The van der Waals surface area contributed by atoms with E-state index >= 15 is 0 Å². The van der Waals surface area contributed by atoms with Crippen molar-refractivity contribution in [1.82, 2.24) is 5.32 Å². The normalized spacial score (nSPS) is 40.2. The number of hydrogen-bond donors (Lipinski definition) is 2. The molecule has 2 aliphatic rings. The molecule has 0 spiro atoms. The van der Waals surface area contributed by atoms with Crippen LogP contribution >= 0.6 is 0 Å². The van der Waals surface area contributed by atoms with Crippen molar-refractivity contribution in [3.05, 3.63) is 0 Å². The maximum atomic E-state index is 9.87. The fourth-order valence-electron chi connectivity index (χ4n) is 2.34. The van der Waals surface area contributed by atoms with Crippen molar-refractivity contribution in [2.24, 2.45) is 0 Å². The third-order valence-electron chi connectivity index (χ3n) is 3.03. The van der Waals surface area contributed by atoms with E-state index in [0.29, 0.717) is 13.2 Å². The summed E-state index contributed by atoms with van der Waals surface area (Å²) in [4.78, 5) is 0. The molecule has 17 heavy (non-hydrogen) atoms. The molecule has 0 aromatic heterocycles. The fraction of sp³-hybridized carbons (Fsp3) is 1.00. The van der Waals surface area contributed by atoms with Gasteiger partial charge in [-0.25, -0.2) is 0 Å². The highest BCUT2D eigenvalue weighted by atomic mass is 16.8. The van der Waals surface area contributed by atoms with Gasteiger partial charge >= 0.3 is 0 Å². The Labute approximate surface area is 101 Å². The predicted molar refractivity (Wildman–Crippen MR) is 59.5 cm³/mol. The smallest absolute Gasteiger partial charge is 0.163 e. The van der Waals surface area contributed by atoms with Gasteiger partial charge in [-0.05, 0) is 13.8 Å². The van der Waals surface area contributed by atoms with Gasteiger partial charge in [0.2, 0.25) is 0 Å². The lowest BCUT2D eigenvalue weighted by atomic mass is 9.97. The molecule has 6 nitrogen and oxygen atoms in total. The van der Waals surface area contributed by atoms with E-state index in [1.54, 1.807) is 7.11 Å². The quantitative estimate of drug-likeness (QED) is 0.513. The van der Waals surface area contributed by atoms with Crippen LogP contribution in [0.4, 0.5) is 0 Å². The highest BCUT2D eigenvalue weighted by molar-refractivity contribution is 4.98. The van der Waals surface area contributed by atoms with Crippen LogP contribution in [0.15, 0.2) is 0 Å². The summed E-state index contributed by atoms with van der Waals surface area (Å²) in [6, 6.07) is 0.0142. The second kappa shape index (κ2) is 5.17. The zero-order chi connectivity index (χ0) is 12.5. The monoisotopic (exact) mass is 247 g/mol. The predicted octanol–water partition coefficient (Wildman–Crippen LogP) is -0.540. The molecule has 2 fully saturated rings. The third-order valence-corrected chi connectivity index (χ3v) is 3.03. The summed E-state index contributed by atoms with van der Waals surface area (Å²) in [5.74, 6) is -0.651. The molecule has 4 atom stereocenters. The number of nitrogens with one attached hydrogen (secondary N) is 1. The number of β-amino-alcohol motifs (C(OH)–C–C–N with tert-alkyl or cyclic N) is 1. The standard InChI is InChI=1S/C11H21NO5/c1-11(2)16-9-7(5-15-6-14-3)12-4-8(13)10(9)17-11/h7-10,12-13H,4-6H2,1-3H3/t7-,8+,9+,10-/m1/s1. The van der Waals surface area contributed by atoms with E-state index in [9.17, 15) is 5.11 Å². The van der Waals surface area contributed by atoms with Gasteiger partial charge in [-0.15, -0.1) is 0 Å². The van der Waals surface area contributed by atoms with Crippen molar-refractivity contribution in [2.75, 3.05) is 27.1 Å². The summed E-state index contributed by atoms with van der Waals surface area (Å²) < 4.78 is 21.7. The Hall–Kier alpha value is -0.240. The van der Waals surface area contributed by atoms with E-state index in [4.69, 9.17) is 18.9 Å². The number of methoxy groups -OCH3 is 1. The Morgan fingerprint density at radius 3 is 2.76 bits per heavy atom. The number of piperidine rings is 1. The van der Waals surface area contributed by atoms with Gasteiger partial charge in [0.15, 0.2) is 5.79 Å². The zero-order valence-corrected chi connectivity index (χ0v) is 10.5. The first-order valence-electron chi connectivity index (χ1n) is 5.87. The summed E-state index contributed by atoms with van der Waals surface area (Å²) in [7, 11) is 1.58. The molecule has 2 heterocycles. The van der Waals surface area contributed by atoms with Crippen LogP contribution < -0.4 is 5.32 Å². The number of hydrogen-bond acceptors (Lipinski definition) is 6. The molecule has 2 N–H and O–H groups in total. The van der Waals surface area contributed by atoms with E-state index in [1.165, 1.54) is 0 Å². The molecule has 0 aromatic carbocycles. The molecule has 0 aliphatic carbocycles. The second-order valence-electron chi connectivity index (χ2n) is 4.92. The van der Waals surface area contributed by atoms with Gasteiger partial charge in [-0.1, -0.05) is 0 Å². The average molecular weight is 247 g/mol. The summed E-state index contributed by atoms with van der Waals surface area (Å²) >= 11 is 0. The van der Waals surface area contributed by atoms with Crippen molar-refractivity contribution in [2.45, 2.75) is 44.0 Å². The van der Waals surface area contributed by atoms with Gasteiger partial charge in [-0.3, -0.25) is 0 Å². The molecule has 0 unspecified atom stereocenters. The van der Waals surface area contributed by atoms with Crippen molar-refractivity contribution in [3.63, 3.8) is 0 Å². The molecular weight excluding hydrogens is 226 g/mol. The Kier molecular flexibility index (Phi) is 4.02. The Morgan fingerprint density at radius 1 is 1.35 bits per heavy atom.